The van der Waals surface area contributed by atoms with E-state index >= 15 is 0 Å². The van der Waals surface area contributed by atoms with E-state index in [1.165, 1.54) is 6.33 Å². The first-order valence-electron chi connectivity index (χ1n) is 12.1. The highest BCUT2D eigenvalue weighted by Crippen LogP contribution is 2.39. The third-order valence-corrected chi connectivity index (χ3v) is 7.26. The van der Waals surface area contributed by atoms with Crippen molar-refractivity contribution in [3.63, 3.8) is 0 Å². The zero-order chi connectivity index (χ0) is 26.2. The Morgan fingerprint density at radius 3 is 2.51 bits per heavy atom. The number of halogens is 1. The monoisotopic (exact) mass is 521 g/mol. The van der Waals surface area contributed by atoms with Gasteiger partial charge < -0.3 is 24.8 Å². The second-order valence-electron chi connectivity index (χ2n) is 9.55. The molecule has 192 valence electrons. The molecule has 1 aliphatic carbocycles. The van der Waals surface area contributed by atoms with E-state index in [1.54, 1.807) is 29.6 Å². The zero-order valence-electron chi connectivity index (χ0n) is 20.7. The maximum Gasteiger partial charge on any atom is 0.274 e. The van der Waals surface area contributed by atoms with Gasteiger partial charge in [0, 0.05) is 24.2 Å². The summed E-state index contributed by atoms with van der Waals surface area (Å²) in [7, 11) is 1.59. The predicted molar refractivity (Wildman–Crippen MR) is 137 cm³/mol. The Labute approximate surface area is 219 Å². The number of hydrogen-bond donors (Lipinski definition) is 2. The van der Waals surface area contributed by atoms with Crippen molar-refractivity contribution in [1.82, 2.24) is 25.1 Å². The van der Waals surface area contributed by atoms with Crippen LogP contribution < -0.4 is 15.4 Å². The van der Waals surface area contributed by atoms with E-state index in [-0.39, 0.29) is 48.9 Å². The molecule has 10 heteroatoms. The minimum Gasteiger partial charge on any atom is -0.497 e. The Morgan fingerprint density at radius 1 is 1.11 bits per heavy atom. The molecule has 1 aliphatic heterocycles. The number of amides is 3. The quantitative estimate of drug-likeness (QED) is 0.473. The van der Waals surface area contributed by atoms with E-state index in [9.17, 15) is 14.4 Å². The molecule has 2 aromatic carbocycles. The van der Waals surface area contributed by atoms with Gasteiger partial charge in [-0.3, -0.25) is 14.4 Å². The lowest BCUT2D eigenvalue weighted by molar-refractivity contribution is -0.133. The number of ether oxygens (including phenoxy) is 1. The van der Waals surface area contributed by atoms with E-state index in [0.717, 1.165) is 29.7 Å². The zero-order valence-corrected chi connectivity index (χ0v) is 21.4. The average molecular weight is 522 g/mol. The van der Waals surface area contributed by atoms with E-state index in [0.29, 0.717) is 5.02 Å². The number of nitrogens with one attached hydrogen (secondary N) is 2. The number of rotatable bonds is 8. The van der Waals surface area contributed by atoms with Crippen LogP contribution in [0.25, 0.3) is 0 Å². The molecule has 1 aromatic heterocycles. The predicted octanol–water partition coefficient (Wildman–Crippen LogP) is 3.17. The van der Waals surface area contributed by atoms with Crippen molar-refractivity contribution >= 4 is 29.3 Å². The highest BCUT2D eigenvalue weighted by atomic mass is 35.5. The van der Waals surface area contributed by atoms with Gasteiger partial charge >= 0.3 is 0 Å². The molecule has 3 aromatic rings. The van der Waals surface area contributed by atoms with Crippen LogP contribution in [-0.4, -0.2) is 50.9 Å². The second kappa shape index (κ2) is 9.89. The SMILES string of the molecule is COc1ccc(CNC(=O)c2ncn3c2C(=O)N(C2CC2)[C@@](C)(C(=O)NCc2ccccc2Cl)C3)cc1. The molecule has 0 saturated heterocycles. The molecule has 37 heavy (non-hydrogen) atoms. The summed E-state index contributed by atoms with van der Waals surface area (Å²) in [6, 6.07) is 14.6. The number of benzene rings is 2. The van der Waals surface area contributed by atoms with E-state index in [1.807, 2.05) is 42.5 Å². The smallest absolute Gasteiger partial charge is 0.274 e. The molecule has 2 N–H and O–H groups in total. The number of aromatic nitrogens is 2. The van der Waals surface area contributed by atoms with Gasteiger partial charge in [0.05, 0.1) is 20.0 Å². The summed E-state index contributed by atoms with van der Waals surface area (Å²) >= 11 is 6.25. The Morgan fingerprint density at radius 2 is 1.84 bits per heavy atom. The minimum absolute atomic E-state index is 0.0533. The van der Waals surface area contributed by atoms with Gasteiger partial charge in [-0.15, -0.1) is 0 Å². The van der Waals surface area contributed by atoms with Crippen molar-refractivity contribution < 1.29 is 19.1 Å². The normalized spacial score (nSPS) is 18.8. The van der Waals surface area contributed by atoms with Crippen LogP contribution in [0.1, 0.15) is 51.9 Å². The van der Waals surface area contributed by atoms with Gasteiger partial charge in [-0.1, -0.05) is 41.9 Å². The molecule has 9 nitrogen and oxygen atoms in total. The molecule has 5 rings (SSSR count). The van der Waals surface area contributed by atoms with Crippen molar-refractivity contribution in [2.24, 2.45) is 0 Å². The topological polar surface area (TPSA) is 106 Å². The third kappa shape index (κ3) is 4.79. The number of nitrogens with zero attached hydrogens (tertiary/aromatic N) is 3. The lowest BCUT2D eigenvalue weighted by Crippen LogP contribution is -2.64. The minimum atomic E-state index is -1.13. The highest BCUT2D eigenvalue weighted by molar-refractivity contribution is 6.31. The number of carbonyl (C=O) groups is 3. The van der Waals surface area contributed by atoms with E-state index < -0.39 is 11.4 Å². The van der Waals surface area contributed by atoms with Crippen LogP contribution in [0.15, 0.2) is 54.9 Å². The van der Waals surface area contributed by atoms with Crippen molar-refractivity contribution in [2.75, 3.05) is 7.11 Å². The van der Waals surface area contributed by atoms with Gasteiger partial charge in [-0.2, -0.15) is 0 Å². The fraction of sp³-hybridized carbons (Fsp3) is 0.333. The number of hydrogen-bond acceptors (Lipinski definition) is 5. The molecule has 0 bridgehead atoms. The number of fused-ring (bicyclic) bond motifs is 1. The lowest BCUT2D eigenvalue weighted by Gasteiger charge is -2.44. The summed E-state index contributed by atoms with van der Waals surface area (Å²) in [5.41, 5.74) is 0.804. The molecule has 0 unspecified atom stereocenters. The summed E-state index contributed by atoms with van der Waals surface area (Å²) < 4.78 is 6.77. The Hall–Kier alpha value is -3.85. The Balaban J connectivity index is 1.34. The standard InChI is InChI=1S/C27H28ClN5O4/c1-27(26(36)30-14-18-5-3-4-6-21(18)28)15-32-16-31-22(23(32)25(35)33(27)19-9-10-19)24(34)29-13-17-7-11-20(37-2)12-8-17/h3-8,11-12,16,19H,9-10,13-15H2,1-2H3,(H,29,34)(H,30,36)/t27-/m1/s1. The summed E-state index contributed by atoms with van der Waals surface area (Å²) in [6.07, 6.45) is 3.08. The van der Waals surface area contributed by atoms with Crippen LogP contribution in [0.5, 0.6) is 5.75 Å². The molecule has 3 amide bonds. The fourth-order valence-corrected chi connectivity index (χ4v) is 4.94. The van der Waals surface area contributed by atoms with E-state index in [2.05, 4.69) is 15.6 Å². The summed E-state index contributed by atoms with van der Waals surface area (Å²) in [5.74, 6) is -0.364. The molecular formula is C27H28ClN5O4. The van der Waals surface area contributed by atoms with Crippen molar-refractivity contribution in [3.8, 4) is 5.75 Å². The van der Waals surface area contributed by atoms with Gasteiger partial charge in [-0.05, 0) is 49.1 Å². The first-order chi connectivity index (χ1) is 17.8. The van der Waals surface area contributed by atoms with Crippen LogP contribution in [0.3, 0.4) is 0 Å². The van der Waals surface area contributed by atoms with E-state index in [4.69, 9.17) is 16.3 Å². The number of methoxy groups -OCH3 is 1. The fourth-order valence-electron chi connectivity index (χ4n) is 4.74. The molecule has 1 fully saturated rings. The van der Waals surface area contributed by atoms with Crippen molar-refractivity contribution in [3.05, 3.63) is 82.4 Å². The molecule has 0 radical (unpaired) electrons. The molecule has 0 spiro atoms. The van der Waals surface area contributed by atoms with Crippen molar-refractivity contribution in [2.45, 2.75) is 51.0 Å². The third-order valence-electron chi connectivity index (χ3n) is 6.89. The second-order valence-corrected chi connectivity index (χ2v) is 9.96. The summed E-state index contributed by atoms with van der Waals surface area (Å²) in [6.45, 7) is 2.48. The Kier molecular flexibility index (Phi) is 6.64. The maximum absolute atomic E-state index is 13.7. The van der Waals surface area contributed by atoms with Crippen molar-refractivity contribution in [1.29, 1.82) is 0 Å². The molecular weight excluding hydrogens is 494 g/mol. The van der Waals surface area contributed by atoms with Gasteiger partial charge in [0.1, 0.15) is 17.0 Å². The summed E-state index contributed by atoms with van der Waals surface area (Å²) in [4.78, 5) is 46.1. The van der Waals surface area contributed by atoms with Crippen LogP contribution in [-0.2, 0) is 24.4 Å². The highest BCUT2D eigenvalue weighted by Gasteiger charge is 2.53. The number of imidazole rings is 1. The van der Waals surface area contributed by atoms with Gasteiger partial charge in [0.2, 0.25) is 5.91 Å². The number of carbonyl (C=O) groups excluding carboxylic acids is 3. The molecule has 1 saturated carbocycles. The van der Waals surface area contributed by atoms with Gasteiger partial charge in [0.25, 0.3) is 11.8 Å². The van der Waals surface area contributed by atoms with Crippen LogP contribution in [0.2, 0.25) is 5.02 Å². The molecule has 1 atom stereocenters. The van der Waals surface area contributed by atoms with Crippen LogP contribution >= 0.6 is 11.6 Å². The summed E-state index contributed by atoms with van der Waals surface area (Å²) in [5, 5.41) is 6.35. The molecule has 2 heterocycles. The maximum atomic E-state index is 13.7. The Bertz CT molecular complexity index is 1350. The van der Waals surface area contributed by atoms with Gasteiger partial charge in [-0.25, -0.2) is 4.98 Å². The van der Waals surface area contributed by atoms with Crippen LogP contribution in [0.4, 0.5) is 0 Å². The van der Waals surface area contributed by atoms with Crippen LogP contribution in [0, 0.1) is 0 Å². The lowest BCUT2D eigenvalue weighted by atomic mass is 9.93. The first-order valence-corrected chi connectivity index (χ1v) is 12.5. The largest absolute Gasteiger partial charge is 0.497 e. The molecule has 2 aliphatic rings. The van der Waals surface area contributed by atoms with Gasteiger partial charge in [0.15, 0.2) is 5.69 Å². The average Bonchev–Trinajstić information content (AvgIpc) is 3.64. The first kappa shape index (κ1) is 24.8.